The molecule has 2 amide bonds. The van der Waals surface area contributed by atoms with Gasteiger partial charge in [-0.25, -0.2) is 0 Å². The van der Waals surface area contributed by atoms with Gasteiger partial charge in [-0.2, -0.15) is 10.1 Å². The lowest BCUT2D eigenvalue weighted by atomic mass is 9.85. The SMILES string of the molecule is CC(C)Oc1ccccc1C=NN1C(=O)C2C3C=CC(C3)C2C1=O. The summed E-state index contributed by atoms with van der Waals surface area (Å²) in [7, 11) is 0. The van der Waals surface area contributed by atoms with Gasteiger partial charge in [0.2, 0.25) is 0 Å². The van der Waals surface area contributed by atoms with Crippen LogP contribution in [0.2, 0.25) is 0 Å². The monoisotopic (exact) mass is 324 g/mol. The number of hydrazone groups is 1. The van der Waals surface area contributed by atoms with Crippen molar-refractivity contribution in [3.8, 4) is 5.75 Å². The molecule has 5 nitrogen and oxygen atoms in total. The van der Waals surface area contributed by atoms with Crippen molar-refractivity contribution in [3.63, 3.8) is 0 Å². The van der Waals surface area contributed by atoms with E-state index in [2.05, 4.69) is 17.3 Å². The Labute approximate surface area is 141 Å². The fourth-order valence-electron chi connectivity index (χ4n) is 4.07. The Morgan fingerprint density at radius 2 is 1.75 bits per heavy atom. The maximum Gasteiger partial charge on any atom is 0.254 e. The fourth-order valence-corrected chi connectivity index (χ4v) is 4.07. The lowest BCUT2D eigenvalue weighted by molar-refractivity contribution is -0.140. The topological polar surface area (TPSA) is 59.0 Å². The van der Waals surface area contributed by atoms with Crippen molar-refractivity contribution >= 4 is 18.0 Å². The van der Waals surface area contributed by atoms with Gasteiger partial charge in [-0.05, 0) is 44.2 Å². The van der Waals surface area contributed by atoms with Crippen molar-refractivity contribution < 1.29 is 14.3 Å². The van der Waals surface area contributed by atoms with Gasteiger partial charge in [-0.15, -0.1) is 0 Å². The van der Waals surface area contributed by atoms with E-state index < -0.39 is 0 Å². The summed E-state index contributed by atoms with van der Waals surface area (Å²) in [4.78, 5) is 25.2. The number of fused-ring (bicyclic) bond motifs is 5. The van der Waals surface area contributed by atoms with Gasteiger partial charge in [0, 0.05) is 5.56 Å². The van der Waals surface area contributed by atoms with Gasteiger partial charge in [-0.1, -0.05) is 24.3 Å². The highest BCUT2D eigenvalue weighted by molar-refractivity contribution is 6.06. The number of hydrogen-bond acceptors (Lipinski definition) is 4. The van der Waals surface area contributed by atoms with Crippen LogP contribution in [0.3, 0.4) is 0 Å². The van der Waals surface area contributed by atoms with Crippen molar-refractivity contribution in [2.75, 3.05) is 0 Å². The number of ether oxygens (including phenoxy) is 1. The Bertz CT molecular complexity index is 723. The Morgan fingerprint density at radius 1 is 1.12 bits per heavy atom. The summed E-state index contributed by atoms with van der Waals surface area (Å²) in [5.74, 6) is 0.332. The molecule has 1 aromatic carbocycles. The Hall–Kier alpha value is -2.43. The molecule has 124 valence electrons. The van der Waals surface area contributed by atoms with E-state index in [4.69, 9.17) is 4.74 Å². The zero-order valence-electron chi connectivity index (χ0n) is 13.8. The van der Waals surface area contributed by atoms with Crippen LogP contribution in [-0.4, -0.2) is 29.1 Å². The van der Waals surface area contributed by atoms with E-state index in [1.165, 1.54) is 0 Å². The highest BCUT2D eigenvalue weighted by Gasteiger charge is 2.59. The molecule has 1 saturated carbocycles. The second-order valence-electron chi connectivity index (χ2n) is 6.94. The van der Waals surface area contributed by atoms with Crippen molar-refractivity contribution in [1.29, 1.82) is 0 Å². The van der Waals surface area contributed by atoms with Gasteiger partial charge < -0.3 is 4.74 Å². The molecule has 4 rings (SSSR count). The van der Waals surface area contributed by atoms with Crippen LogP contribution < -0.4 is 4.74 Å². The zero-order chi connectivity index (χ0) is 16.8. The molecule has 2 aliphatic carbocycles. The van der Waals surface area contributed by atoms with Crippen molar-refractivity contribution in [1.82, 2.24) is 5.01 Å². The summed E-state index contributed by atoms with van der Waals surface area (Å²) in [5.41, 5.74) is 0.755. The third-order valence-electron chi connectivity index (χ3n) is 5.04. The van der Waals surface area contributed by atoms with Crippen LogP contribution >= 0.6 is 0 Å². The largest absolute Gasteiger partial charge is 0.490 e. The minimum atomic E-state index is -0.216. The average molecular weight is 324 g/mol. The van der Waals surface area contributed by atoms with E-state index in [-0.39, 0.29) is 41.6 Å². The molecule has 0 radical (unpaired) electrons. The molecule has 0 N–H and O–H groups in total. The third kappa shape index (κ3) is 2.27. The van der Waals surface area contributed by atoms with Crippen LogP contribution in [0.25, 0.3) is 0 Å². The minimum absolute atomic E-state index is 0.0376. The number of para-hydroxylation sites is 1. The van der Waals surface area contributed by atoms with E-state index in [1.54, 1.807) is 6.21 Å². The van der Waals surface area contributed by atoms with E-state index in [0.717, 1.165) is 17.0 Å². The minimum Gasteiger partial charge on any atom is -0.490 e. The quantitative estimate of drug-likeness (QED) is 0.486. The van der Waals surface area contributed by atoms with Gasteiger partial charge in [0.1, 0.15) is 5.75 Å². The van der Waals surface area contributed by atoms with Crippen LogP contribution in [0.5, 0.6) is 5.75 Å². The molecule has 2 bridgehead atoms. The van der Waals surface area contributed by atoms with Gasteiger partial charge >= 0.3 is 0 Å². The number of nitrogens with zero attached hydrogens (tertiary/aromatic N) is 2. The average Bonchev–Trinajstić information content (AvgIpc) is 3.21. The number of amides is 2. The Morgan fingerprint density at radius 3 is 2.38 bits per heavy atom. The molecular weight excluding hydrogens is 304 g/mol. The maximum atomic E-state index is 12.6. The van der Waals surface area contributed by atoms with Crippen LogP contribution in [-0.2, 0) is 9.59 Å². The molecule has 0 aromatic heterocycles. The second kappa shape index (κ2) is 5.58. The number of carbonyl (C=O) groups excluding carboxylic acids is 2. The summed E-state index contributed by atoms with van der Waals surface area (Å²) in [6, 6.07) is 7.47. The molecule has 4 unspecified atom stereocenters. The molecule has 2 fully saturated rings. The van der Waals surface area contributed by atoms with Gasteiger partial charge in [0.25, 0.3) is 11.8 Å². The second-order valence-corrected chi connectivity index (χ2v) is 6.94. The van der Waals surface area contributed by atoms with E-state index in [1.807, 2.05) is 38.1 Å². The third-order valence-corrected chi connectivity index (χ3v) is 5.04. The molecule has 1 aromatic rings. The smallest absolute Gasteiger partial charge is 0.254 e. The maximum absolute atomic E-state index is 12.6. The summed E-state index contributed by atoms with van der Waals surface area (Å²) in [6.45, 7) is 3.90. The highest BCUT2D eigenvalue weighted by Crippen LogP contribution is 2.52. The zero-order valence-corrected chi connectivity index (χ0v) is 13.8. The van der Waals surface area contributed by atoms with Crippen molar-refractivity contribution in [3.05, 3.63) is 42.0 Å². The first-order valence-electron chi connectivity index (χ1n) is 8.42. The normalized spacial score (nSPS) is 30.9. The van der Waals surface area contributed by atoms with Crippen LogP contribution in [0.1, 0.15) is 25.8 Å². The van der Waals surface area contributed by atoms with Gasteiger partial charge in [0.15, 0.2) is 0 Å². The standard InChI is InChI=1S/C19H20N2O3/c1-11(2)24-15-6-4-3-5-14(15)10-20-21-18(22)16-12-7-8-13(9-12)17(16)19(21)23/h3-8,10-13,16-17H,9H2,1-2H3. The summed E-state index contributed by atoms with van der Waals surface area (Å²) in [5, 5.41) is 5.27. The first-order chi connectivity index (χ1) is 11.6. The molecule has 3 aliphatic rings. The number of carbonyl (C=O) groups is 2. The molecule has 0 spiro atoms. The van der Waals surface area contributed by atoms with Gasteiger partial charge in [-0.3, -0.25) is 9.59 Å². The number of hydrogen-bond donors (Lipinski definition) is 0. The van der Waals surface area contributed by atoms with Crippen LogP contribution in [0.4, 0.5) is 0 Å². The van der Waals surface area contributed by atoms with E-state index in [0.29, 0.717) is 5.75 Å². The number of allylic oxidation sites excluding steroid dienone is 2. The first kappa shape index (κ1) is 15.1. The van der Waals surface area contributed by atoms with Crippen molar-refractivity contribution in [2.24, 2.45) is 28.8 Å². The summed E-state index contributed by atoms with van der Waals surface area (Å²) < 4.78 is 5.74. The Balaban J connectivity index is 1.57. The molecule has 1 aliphatic heterocycles. The first-order valence-corrected chi connectivity index (χ1v) is 8.42. The lowest BCUT2D eigenvalue weighted by Gasteiger charge is -2.13. The number of benzene rings is 1. The van der Waals surface area contributed by atoms with E-state index in [9.17, 15) is 9.59 Å². The van der Waals surface area contributed by atoms with Crippen molar-refractivity contribution in [2.45, 2.75) is 26.4 Å². The fraction of sp³-hybridized carbons (Fsp3) is 0.421. The Kier molecular flexibility index (Phi) is 3.52. The highest BCUT2D eigenvalue weighted by atomic mass is 16.5. The lowest BCUT2D eigenvalue weighted by Crippen LogP contribution is -2.28. The molecule has 4 atom stereocenters. The van der Waals surface area contributed by atoms with Gasteiger partial charge in [0.05, 0.1) is 24.2 Å². The number of rotatable bonds is 4. The molecular formula is C19H20N2O3. The van der Waals surface area contributed by atoms with Crippen LogP contribution in [0.15, 0.2) is 41.5 Å². The number of imide groups is 1. The summed E-state index contributed by atoms with van der Waals surface area (Å²) >= 11 is 0. The van der Waals surface area contributed by atoms with Crippen LogP contribution in [0, 0.1) is 23.7 Å². The molecule has 24 heavy (non-hydrogen) atoms. The molecule has 5 heteroatoms. The van der Waals surface area contributed by atoms with E-state index >= 15 is 0 Å². The predicted molar refractivity (Wildman–Crippen MR) is 89.4 cm³/mol. The predicted octanol–water partition coefficient (Wildman–Crippen LogP) is 2.61. The summed E-state index contributed by atoms with van der Waals surface area (Å²) in [6.07, 6.45) is 6.67. The molecule has 1 heterocycles. The molecule has 1 saturated heterocycles.